The number of benzene rings is 2. The number of carbonyl (C=O) groups excluding carboxylic acids is 1. The Morgan fingerprint density at radius 2 is 1.64 bits per heavy atom. The first kappa shape index (κ1) is 14.8. The molecule has 0 atom stereocenters. The van der Waals surface area contributed by atoms with Gasteiger partial charge >= 0.3 is 0 Å². The predicted octanol–water partition coefficient (Wildman–Crippen LogP) is 3.84. The summed E-state index contributed by atoms with van der Waals surface area (Å²) in [6.45, 7) is 0. The summed E-state index contributed by atoms with van der Waals surface area (Å²) in [5.74, 6) is 0. The third-order valence-corrected chi connectivity index (χ3v) is 4.82. The molecule has 3 rings (SSSR count). The van der Waals surface area contributed by atoms with Gasteiger partial charge in [0.1, 0.15) is 0 Å². The van der Waals surface area contributed by atoms with Gasteiger partial charge < -0.3 is 15.1 Å². The van der Waals surface area contributed by atoms with E-state index in [9.17, 15) is 4.79 Å². The topological polar surface area (TPSA) is 35.6 Å². The van der Waals surface area contributed by atoms with Crippen molar-refractivity contribution in [3.63, 3.8) is 0 Å². The van der Waals surface area contributed by atoms with Crippen molar-refractivity contribution in [1.29, 1.82) is 0 Å². The molecule has 5 heteroatoms. The van der Waals surface area contributed by atoms with Crippen LogP contribution in [0.15, 0.2) is 40.1 Å². The van der Waals surface area contributed by atoms with Crippen molar-refractivity contribution in [2.45, 2.75) is 9.79 Å². The molecule has 0 unspecified atom stereocenters. The van der Waals surface area contributed by atoms with E-state index in [-0.39, 0.29) is 0 Å². The van der Waals surface area contributed by atoms with Gasteiger partial charge in [-0.1, -0.05) is 11.8 Å². The van der Waals surface area contributed by atoms with Crippen molar-refractivity contribution in [3.05, 3.63) is 35.9 Å². The molecule has 0 aromatic heterocycles. The maximum atomic E-state index is 11.4. The molecule has 1 aliphatic rings. The molecule has 0 amide bonds. The van der Waals surface area contributed by atoms with Crippen LogP contribution < -0.4 is 15.1 Å². The number of rotatable bonds is 3. The van der Waals surface area contributed by atoms with Crippen LogP contribution in [0.25, 0.3) is 0 Å². The quantitative estimate of drug-likeness (QED) is 0.743. The van der Waals surface area contributed by atoms with Gasteiger partial charge in [-0.3, -0.25) is 4.79 Å². The molecule has 0 spiro atoms. The summed E-state index contributed by atoms with van der Waals surface area (Å²) in [7, 11) is 8.03. The standard InChI is InChI=1S/C17H19N3OS/c1-19(2)12-5-6-14-15(8-12)22-16-9-13(20(3)4)7-11(10-21)17(16)18-14/h5-10,18H,1-4H3. The van der Waals surface area contributed by atoms with Crippen LogP contribution in [0.1, 0.15) is 10.4 Å². The molecular formula is C17H19N3OS. The van der Waals surface area contributed by atoms with Gasteiger partial charge in [-0.25, -0.2) is 0 Å². The van der Waals surface area contributed by atoms with E-state index in [2.05, 4.69) is 34.5 Å². The van der Waals surface area contributed by atoms with Crippen LogP contribution in [-0.4, -0.2) is 34.5 Å². The number of anilines is 4. The van der Waals surface area contributed by atoms with Crippen LogP contribution in [0.5, 0.6) is 0 Å². The number of aldehydes is 1. The zero-order valence-electron chi connectivity index (χ0n) is 13.2. The van der Waals surface area contributed by atoms with E-state index in [1.165, 1.54) is 4.90 Å². The first-order chi connectivity index (χ1) is 10.5. The van der Waals surface area contributed by atoms with Crippen molar-refractivity contribution >= 4 is 40.8 Å². The minimum absolute atomic E-state index is 0.691. The van der Waals surface area contributed by atoms with Crippen LogP contribution in [-0.2, 0) is 0 Å². The average Bonchev–Trinajstić information content (AvgIpc) is 2.50. The third-order valence-electron chi connectivity index (χ3n) is 3.72. The number of nitrogens with one attached hydrogen (secondary N) is 1. The molecule has 114 valence electrons. The van der Waals surface area contributed by atoms with Gasteiger partial charge in [0.05, 0.1) is 11.4 Å². The first-order valence-electron chi connectivity index (χ1n) is 7.06. The highest BCUT2D eigenvalue weighted by Gasteiger charge is 2.20. The Morgan fingerprint density at radius 1 is 0.955 bits per heavy atom. The fourth-order valence-corrected chi connectivity index (χ4v) is 3.51. The lowest BCUT2D eigenvalue weighted by molar-refractivity contribution is 0.112. The van der Waals surface area contributed by atoms with Crippen molar-refractivity contribution in [3.8, 4) is 0 Å². The smallest absolute Gasteiger partial charge is 0.152 e. The highest BCUT2D eigenvalue weighted by atomic mass is 32.2. The van der Waals surface area contributed by atoms with Crippen molar-refractivity contribution in [1.82, 2.24) is 0 Å². The summed E-state index contributed by atoms with van der Waals surface area (Å²) >= 11 is 1.70. The Labute approximate surface area is 135 Å². The molecule has 0 bridgehead atoms. The van der Waals surface area contributed by atoms with Crippen molar-refractivity contribution < 1.29 is 4.79 Å². The minimum Gasteiger partial charge on any atom is -0.378 e. The normalized spacial score (nSPS) is 12.0. The Morgan fingerprint density at radius 3 is 2.27 bits per heavy atom. The Hall–Kier alpha value is -2.14. The Balaban J connectivity index is 2.08. The maximum Gasteiger partial charge on any atom is 0.152 e. The van der Waals surface area contributed by atoms with Gasteiger partial charge in [0.2, 0.25) is 0 Å². The lowest BCUT2D eigenvalue weighted by Gasteiger charge is -2.25. The second kappa shape index (κ2) is 5.57. The lowest BCUT2D eigenvalue weighted by atomic mass is 10.1. The average molecular weight is 313 g/mol. The molecule has 2 aromatic rings. The van der Waals surface area contributed by atoms with E-state index in [4.69, 9.17) is 0 Å². The number of hydrogen-bond acceptors (Lipinski definition) is 5. The molecule has 0 radical (unpaired) electrons. The zero-order chi connectivity index (χ0) is 15.9. The second-order valence-corrected chi connectivity index (χ2v) is 6.81. The first-order valence-corrected chi connectivity index (χ1v) is 7.88. The van der Waals surface area contributed by atoms with Crippen LogP contribution in [0.4, 0.5) is 22.7 Å². The Kier molecular flexibility index (Phi) is 3.74. The van der Waals surface area contributed by atoms with Crippen LogP contribution in [0, 0.1) is 0 Å². The van der Waals surface area contributed by atoms with Crippen LogP contribution in [0.3, 0.4) is 0 Å². The monoisotopic (exact) mass is 313 g/mol. The minimum atomic E-state index is 0.691. The van der Waals surface area contributed by atoms with E-state index in [0.29, 0.717) is 5.56 Å². The largest absolute Gasteiger partial charge is 0.378 e. The third kappa shape index (κ3) is 2.52. The van der Waals surface area contributed by atoms with E-state index in [1.807, 2.05) is 39.2 Å². The van der Waals surface area contributed by atoms with Gasteiger partial charge in [-0.2, -0.15) is 0 Å². The summed E-state index contributed by atoms with van der Waals surface area (Å²) < 4.78 is 0. The molecule has 4 nitrogen and oxygen atoms in total. The molecule has 1 heterocycles. The molecule has 0 saturated heterocycles. The van der Waals surface area contributed by atoms with E-state index < -0.39 is 0 Å². The summed E-state index contributed by atoms with van der Waals surface area (Å²) in [4.78, 5) is 17.8. The van der Waals surface area contributed by atoms with Gasteiger partial charge in [0.15, 0.2) is 6.29 Å². The van der Waals surface area contributed by atoms with E-state index in [0.717, 1.165) is 33.9 Å². The molecule has 22 heavy (non-hydrogen) atoms. The molecular weight excluding hydrogens is 294 g/mol. The van der Waals surface area contributed by atoms with Gasteiger partial charge in [0, 0.05) is 54.9 Å². The Bertz CT molecular complexity index is 741. The summed E-state index contributed by atoms with van der Waals surface area (Å²) in [5, 5.41) is 3.40. The molecule has 1 N–H and O–H groups in total. The highest BCUT2D eigenvalue weighted by molar-refractivity contribution is 7.99. The van der Waals surface area contributed by atoms with Crippen molar-refractivity contribution in [2.24, 2.45) is 0 Å². The number of fused-ring (bicyclic) bond motifs is 2. The predicted molar refractivity (Wildman–Crippen MR) is 94.3 cm³/mol. The zero-order valence-corrected chi connectivity index (χ0v) is 14.0. The highest BCUT2D eigenvalue weighted by Crippen LogP contribution is 2.47. The number of nitrogens with zero attached hydrogens (tertiary/aromatic N) is 2. The van der Waals surface area contributed by atoms with Crippen LogP contribution >= 0.6 is 11.8 Å². The fraction of sp³-hybridized carbons (Fsp3) is 0.235. The lowest BCUT2D eigenvalue weighted by Crippen LogP contribution is -2.12. The molecule has 0 aliphatic carbocycles. The summed E-state index contributed by atoms with van der Waals surface area (Å²) in [5.41, 5.74) is 4.83. The van der Waals surface area contributed by atoms with Gasteiger partial charge in [0.25, 0.3) is 0 Å². The summed E-state index contributed by atoms with van der Waals surface area (Å²) in [6.07, 6.45) is 0.915. The fourth-order valence-electron chi connectivity index (χ4n) is 2.42. The van der Waals surface area contributed by atoms with E-state index in [1.54, 1.807) is 11.8 Å². The SMILES string of the molecule is CN(C)c1ccc2c(c1)Sc1cc(N(C)C)cc(C=O)c1N2. The number of hydrogen-bond donors (Lipinski definition) is 1. The van der Waals surface area contributed by atoms with Crippen molar-refractivity contribution in [2.75, 3.05) is 43.3 Å². The van der Waals surface area contributed by atoms with Gasteiger partial charge in [-0.05, 0) is 30.3 Å². The molecule has 0 saturated carbocycles. The summed E-state index contributed by atoms with van der Waals surface area (Å²) in [6, 6.07) is 10.3. The maximum absolute atomic E-state index is 11.4. The number of carbonyl (C=O) groups is 1. The van der Waals surface area contributed by atoms with Gasteiger partial charge in [-0.15, -0.1) is 0 Å². The molecule has 0 fully saturated rings. The second-order valence-electron chi connectivity index (χ2n) is 5.72. The van der Waals surface area contributed by atoms with Crippen LogP contribution in [0.2, 0.25) is 0 Å². The molecule has 2 aromatic carbocycles. The van der Waals surface area contributed by atoms with E-state index >= 15 is 0 Å². The molecule has 1 aliphatic heterocycles.